The molecule has 1 aliphatic heterocycles. The first-order valence-electron chi connectivity index (χ1n) is 8.16. The fraction of sp³-hybridized carbons (Fsp3) is 0.474. The topological polar surface area (TPSA) is 9.23 Å². The van der Waals surface area contributed by atoms with Crippen LogP contribution >= 0.6 is 0 Å². The second-order valence-electron chi connectivity index (χ2n) is 6.37. The summed E-state index contributed by atoms with van der Waals surface area (Å²) in [5.41, 5.74) is 0. The second kappa shape index (κ2) is 6.12. The van der Waals surface area contributed by atoms with E-state index in [-0.39, 0.29) is 0 Å². The molecule has 1 saturated heterocycles. The molecule has 2 fully saturated rings. The first-order valence-corrected chi connectivity index (χ1v) is 10.0. The zero-order valence-electron chi connectivity index (χ0n) is 12.3. The van der Waals surface area contributed by atoms with Gasteiger partial charge in [0.25, 0.3) is 0 Å². The Hall–Kier alpha value is -0.821. The average Bonchev–Trinajstić information content (AvgIpc) is 2.55. The van der Waals surface area contributed by atoms with E-state index in [4.69, 9.17) is 4.74 Å². The Morgan fingerprint density at radius 2 is 1.81 bits per heavy atom. The molecular weight excluding hydrogens is 323 g/mol. The summed E-state index contributed by atoms with van der Waals surface area (Å²) in [6.07, 6.45) is 7.47. The predicted molar refractivity (Wildman–Crippen MR) is 89.4 cm³/mol. The number of rotatable bonds is 2. The van der Waals surface area contributed by atoms with Gasteiger partial charge in [0.15, 0.2) is 0 Å². The van der Waals surface area contributed by atoms with Gasteiger partial charge in [-0.15, -0.1) is 0 Å². The van der Waals surface area contributed by atoms with Gasteiger partial charge in [-0.3, -0.25) is 0 Å². The van der Waals surface area contributed by atoms with Crippen molar-refractivity contribution in [1.82, 2.24) is 0 Å². The van der Waals surface area contributed by atoms with Crippen LogP contribution in [0.2, 0.25) is 4.82 Å². The molecule has 2 aromatic rings. The van der Waals surface area contributed by atoms with Gasteiger partial charge in [0, 0.05) is 0 Å². The van der Waals surface area contributed by atoms with Gasteiger partial charge in [-0.25, -0.2) is 0 Å². The van der Waals surface area contributed by atoms with Crippen LogP contribution in [0.4, 0.5) is 0 Å². The van der Waals surface area contributed by atoms with E-state index < -0.39 is 0 Å². The first-order chi connectivity index (χ1) is 10.4. The van der Waals surface area contributed by atoms with Gasteiger partial charge < -0.3 is 0 Å². The fourth-order valence-electron chi connectivity index (χ4n) is 3.86. The first kappa shape index (κ1) is 13.8. The molecule has 0 bridgehead atoms. The molecule has 0 N–H and O–H groups in total. The van der Waals surface area contributed by atoms with E-state index in [2.05, 4.69) is 42.5 Å². The number of benzene rings is 2. The van der Waals surface area contributed by atoms with E-state index in [1.54, 1.807) is 4.46 Å². The zero-order valence-corrected chi connectivity index (χ0v) is 14.0. The van der Waals surface area contributed by atoms with E-state index in [1.165, 1.54) is 42.9 Å². The molecule has 1 nitrogen and oxygen atoms in total. The van der Waals surface area contributed by atoms with Crippen LogP contribution in [0.5, 0.6) is 0 Å². The van der Waals surface area contributed by atoms with Crippen LogP contribution in [0.1, 0.15) is 32.1 Å². The van der Waals surface area contributed by atoms with E-state index >= 15 is 0 Å². The maximum absolute atomic E-state index is 6.19. The molecular formula is C19H22OSe. The molecule has 0 spiro atoms. The number of ether oxygens (including phenoxy) is 1. The molecule has 0 unspecified atom stereocenters. The molecule has 2 aromatic carbocycles. The third kappa shape index (κ3) is 2.90. The van der Waals surface area contributed by atoms with Gasteiger partial charge in [-0.1, -0.05) is 0 Å². The summed E-state index contributed by atoms with van der Waals surface area (Å²) in [7, 11) is 0. The molecule has 0 aromatic heterocycles. The molecule has 3 atom stereocenters. The minimum absolute atomic E-state index is 0.531. The van der Waals surface area contributed by atoms with Crippen LogP contribution in [0.3, 0.4) is 0 Å². The summed E-state index contributed by atoms with van der Waals surface area (Å²) in [6.45, 7) is 0.990. The van der Waals surface area contributed by atoms with Gasteiger partial charge >= 0.3 is 133 Å². The summed E-state index contributed by atoms with van der Waals surface area (Å²) >= 11 is 0.531. The molecule has 4 rings (SSSR count). The zero-order chi connectivity index (χ0) is 14.1. The number of hydrogen-bond acceptors (Lipinski definition) is 1. The summed E-state index contributed by atoms with van der Waals surface area (Å²) in [5.74, 6) is 0.842. The number of fused-ring (bicyclic) bond motifs is 2. The van der Waals surface area contributed by atoms with Crippen LogP contribution in [0.15, 0.2) is 42.5 Å². The summed E-state index contributed by atoms with van der Waals surface area (Å²) in [4.78, 5) is 0.766. The summed E-state index contributed by atoms with van der Waals surface area (Å²) in [6, 6.07) is 15.6. The Bertz CT molecular complexity index is 618. The Balaban J connectivity index is 1.52. The predicted octanol–water partition coefficient (Wildman–Crippen LogP) is 3.94. The number of hydrogen-bond donors (Lipinski definition) is 0. The van der Waals surface area contributed by atoms with Crippen molar-refractivity contribution in [2.24, 2.45) is 5.92 Å². The molecule has 1 heterocycles. The van der Waals surface area contributed by atoms with Crippen molar-refractivity contribution in [3.8, 4) is 0 Å². The molecule has 1 aliphatic carbocycles. The van der Waals surface area contributed by atoms with Crippen molar-refractivity contribution >= 4 is 30.2 Å². The van der Waals surface area contributed by atoms with E-state index in [0.717, 1.165) is 17.3 Å². The normalized spacial score (nSPS) is 29.2. The third-order valence-electron chi connectivity index (χ3n) is 4.94. The molecule has 2 aliphatic rings. The average molecular weight is 345 g/mol. The van der Waals surface area contributed by atoms with Gasteiger partial charge in [-0.2, -0.15) is 0 Å². The molecule has 21 heavy (non-hydrogen) atoms. The van der Waals surface area contributed by atoms with Crippen LogP contribution in [-0.4, -0.2) is 27.7 Å². The Labute approximate surface area is 133 Å². The van der Waals surface area contributed by atoms with Crippen LogP contribution < -0.4 is 4.46 Å². The van der Waals surface area contributed by atoms with Crippen molar-refractivity contribution < 1.29 is 4.74 Å². The Morgan fingerprint density at radius 3 is 2.81 bits per heavy atom. The van der Waals surface area contributed by atoms with Gasteiger partial charge in [0.05, 0.1) is 0 Å². The SMILES string of the molecule is c1ccc2c([Se][C@@H]3CO[C@H]4CCCC[C@@H]4C3)cccc2c1. The monoisotopic (exact) mass is 346 g/mol. The van der Waals surface area contributed by atoms with Crippen LogP contribution in [-0.2, 0) is 4.74 Å². The molecule has 1 saturated carbocycles. The second-order valence-corrected chi connectivity index (χ2v) is 9.19. The fourth-order valence-corrected chi connectivity index (χ4v) is 6.63. The summed E-state index contributed by atoms with van der Waals surface area (Å²) < 4.78 is 7.75. The maximum atomic E-state index is 6.19. The van der Waals surface area contributed by atoms with Crippen LogP contribution in [0.25, 0.3) is 10.8 Å². The summed E-state index contributed by atoms with van der Waals surface area (Å²) in [5, 5.41) is 2.83. The van der Waals surface area contributed by atoms with Gasteiger partial charge in [0.2, 0.25) is 0 Å². The Kier molecular flexibility index (Phi) is 4.03. The molecule has 0 amide bonds. The van der Waals surface area contributed by atoms with Gasteiger partial charge in [0.1, 0.15) is 0 Å². The molecule has 2 heteroatoms. The standard InChI is InChI=1S/C19H22OSe/c1-3-9-17-14(6-1)8-5-11-19(17)21-16-12-15-7-2-4-10-18(15)20-13-16/h1,3,5-6,8-9,11,15-16,18H,2,4,7,10,12-13H2/t15-,16+,18+/m1/s1. The quantitative estimate of drug-likeness (QED) is 0.749. The molecule has 110 valence electrons. The van der Waals surface area contributed by atoms with Crippen molar-refractivity contribution in [2.45, 2.75) is 43.0 Å². The molecule has 0 radical (unpaired) electrons. The van der Waals surface area contributed by atoms with Crippen molar-refractivity contribution in [3.63, 3.8) is 0 Å². The van der Waals surface area contributed by atoms with Crippen LogP contribution in [0, 0.1) is 5.92 Å². The minimum atomic E-state index is 0.531. The van der Waals surface area contributed by atoms with Crippen molar-refractivity contribution in [1.29, 1.82) is 0 Å². The third-order valence-corrected chi connectivity index (χ3v) is 7.61. The van der Waals surface area contributed by atoms with E-state index in [0.29, 0.717) is 21.1 Å². The Morgan fingerprint density at radius 1 is 0.952 bits per heavy atom. The van der Waals surface area contributed by atoms with E-state index in [9.17, 15) is 0 Å². The van der Waals surface area contributed by atoms with E-state index in [1.807, 2.05) is 0 Å². The van der Waals surface area contributed by atoms with Gasteiger partial charge in [-0.05, 0) is 0 Å². The van der Waals surface area contributed by atoms with Crippen molar-refractivity contribution in [3.05, 3.63) is 42.5 Å². The van der Waals surface area contributed by atoms with Crippen molar-refractivity contribution in [2.75, 3.05) is 6.61 Å².